The highest BCUT2D eigenvalue weighted by atomic mass is 16.5. The lowest BCUT2D eigenvalue weighted by Gasteiger charge is -2.09. The van der Waals surface area contributed by atoms with Crippen LogP contribution in [0.15, 0.2) is 48.7 Å². The summed E-state index contributed by atoms with van der Waals surface area (Å²) in [6.07, 6.45) is 1.70. The number of benzene rings is 1. The van der Waals surface area contributed by atoms with E-state index in [1.54, 1.807) is 19.4 Å². The first-order valence-corrected chi connectivity index (χ1v) is 7.48. The van der Waals surface area contributed by atoms with Crippen LogP contribution in [0.2, 0.25) is 0 Å². The third-order valence-corrected chi connectivity index (χ3v) is 3.82. The van der Waals surface area contributed by atoms with Gasteiger partial charge in [-0.05, 0) is 30.0 Å². The van der Waals surface area contributed by atoms with E-state index in [-0.39, 0.29) is 5.91 Å². The van der Waals surface area contributed by atoms with Gasteiger partial charge in [-0.2, -0.15) is 0 Å². The Kier molecular flexibility index (Phi) is 4.28. The van der Waals surface area contributed by atoms with Gasteiger partial charge in [0.2, 0.25) is 11.8 Å². The molecule has 0 fully saturated rings. The topological polar surface area (TPSA) is 56.1 Å². The largest absolute Gasteiger partial charge is 0.481 e. The highest BCUT2D eigenvalue weighted by Crippen LogP contribution is 2.18. The van der Waals surface area contributed by atoms with E-state index in [2.05, 4.69) is 22.4 Å². The van der Waals surface area contributed by atoms with E-state index in [0.717, 1.165) is 22.2 Å². The molecule has 1 aromatic carbocycles. The van der Waals surface area contributed by atoms with E-state index in [0.29, 0.717) is 19.0 Å². The third-order valence-electron chi connectivity index (χ3n) is 3.82. The summed E-state index contributed by atoms with van der Waals surface area (Å²) < 4.78 is 7.04. The van der Waals surface area contributed by atoms with E-state index in [9.17, 15) is 4.79 Å². The van der Waals surface area contributed by atoms with Crippen LogP contribution in [0.25, 0.3) is 10.9 Å². The highest BCUT2D eigenvalue weighted by molar-refractivity contribution is 5.84. The first-order valence-electron chi connectivity index (χ1n) is 7.48. The Hall–Kier alpha value is -2.82. The van der Waals surface area contributed by atoms with E-state index in [4.69, 9.17) is 4.74 Å². The molecule has 0 aliphatic carbocycles. The van der Waals surface area contributed by atoms with Gasteiger partial charge in [-0.1, -0.05) is 24.3 Å². The number of fused-ring (bicyclic) bond motifs is 1. The molecule has 3 aromatic rings. The van der Waals surface area contributed by atoms with Crippen LogP contribution in [0.3, 0.4) is 0 Å². The van der Waals surface area contributed by atoms with Crippen LogP contribution in [0, 0.1) is 6.92 Å². The number of amides is 1. The Morgan fingerprint density at radius 1 is 1.26 bits per heavy atom. The number of rotatable bonds is 5. The smallest absolute Gasteiger partial charge is 0.240 e. The minimum Gasteiger partial charge on any atom is -0.481 e. The van der Waals surface area contributed by atoms with Crippen molar-refractivity contribution in [2.75, 3.05) is 7.11 Å². The number of hydrogen-bond donors (Lipinski definition) is 1. The van der Waals surface area contributed by atoms with Crippen molar-refractivity contribution in [1.29, 1.82) is 0 Å². The van der Waals surface area contributed by atoms with E-state index in [1.807, 2.05) is 35.8 Å². The summed E-state index contributed by atoms with van der Waals surface area (Å²) in [4.78, 5) is 16.4. The van der Waals surface area contributed by atoms with Gasteiger partial charge in [0.15, 0.2) is 0 Å². The van der Waals surface area contributed by atoms with Crippen molar-refractivity contribution in [2.45, 2.75) is 20.0 Å². The molecule has 5 nitrogen and oxygen atoms in total. The second kappa shape index (κ2) is 6.52. The Morgan fingerprint density at radius 3 is 2.83 bits per heavy atom. The van der Waals surface area contributed by atoms with Gasteiger partial charge in [0.05, 0.1) is 7.11 Å². The maximum Gasteiger partial charge on any atom is 0.240 e. The molecular formula is C18H19N3O2. The second-order valence-electron chi connectivity index (χ2n) is 5.42. The fourth-order valence-electron chi connectivity index (χ4n) is 2.59. The Balaban J connectivity index is 1.65. The quantitative estimate of drug-likeness (QED) is 0.788. The average molecular weight is 309 g/mol. The van der Waals surface area contributed by atoms with Gasteiger partial charge < -0.3 is 14.6 Å². The van der Waals surface area contributed by atoms with Crippen LogP contribution in [-0.4, -0.2) is 22.6 Å². The molecule has 2 heterocycles. The number of hydrogen-bond acceptors (Lipinski definition) is 3. The number of nitrogens with one attached hydrogen (secondary N) is 1. The molecule has 0 radical (unpaired) electrons. The second-order valence-corrected chi connectivity index (χ2v) is 5.42. The number of carbonyl (C=O) groups excluding carboxylic acids is 1. The van der Waals surface area contributed by atoms with Crippen molar-refractivity contribution in [2.24, 2.45) is 0 Å². The zero-order chi connectivity index (χ0) is 16.2. The number of nitrogens with zero attached hydrogens (tertiary/aromatic N) is 2. The van der Waals surface area contributed by atoms with Crippen molar-refractivity contribution in [3.8, 4) is 5.88 Å². The lowest BCUT2D eigenvalue weighted by atomic mass is 10.2. The summed E-state index contributed by atoms with van der Waals surface area (Å²) in [6, 6.07) is 13.8. The lowest BCUT2D eigenvalue weighted by molar-refractivity contribution is -0.121. The minimum absolute atomic E-state index is 0.0229. The number of methoxy groups -OCH3 is 1. The number of pyridine rings is 1. The van der Waals surface area contributed by atoms with Crippen molar-refractivity contribution in [1.82, 2.24) is 14.9 Å². The summed E-state index contributed by atoms with van der Waals surface area (Å²) in [7, 11) is 1.58. The number of ether oxygens (including phenoxy) is 1. The summed E-state index contributed by atoms with van der Waals surface area (Å²) in [5.74, 6) is 0.541. The van der Waals surface area contributed by atoms with Gasteiger partial charge in [0.25, 0.3) is 0 Å². The van der Waals surface area contributed by atoms with Crippen LogP contribution < -0.4 is 10.1 Å². The molecule has 0 bridgehead atoms. The van der Waals surface area contributed by atoms with Gasteiger partial charge in [-0.15, -0.1) is 0 Å². The number of aryl methyl sites for hydroxylation is 1. The normalized spacial score (nSPS) is 10.7. The number of para-hydroxylation sites is 1. The maximum atomic E-state index is 12.2. The molecule has 23 heavy (non-hydrogen) atoms. The van der Waals surface area contributed by atoms with Gasteiger partial charge in [0, 0.05) is 30.0 Å². The molecule has 0 atom stereocenters. The van der Waals surface area contributed by atoms with Crippen LogP contribution in [0.1, 0.15) is 11.3 Å². The molecule has 0 saturated carbocycles. The van der Waals surface area contributed by atoms with Crippen molar-refractivity contribution in [3.05, 3.63) is 59.9 Å². The highest BCUT2D eigenvalue weighted by Gasteiger charge is 2.09. The predicted molar refractivity (Wildman–Crippen MR) is 89.3 cm³/mol. The maximum absolute atomic E-state index is 12.2. The van der Waals surface area contributed by atoms with Crippen LogP contribution >= 0.6 is 0 Å². The third kappa shape index (κ3) is 3.34. The molecule has 0 aliphatic rings. The Morgan fingerprint density at radius 2 is 2.09 bits per heavy atom. The molecule has 1 amide bonds. The zero-order valence-electron chi connectivity index (χ0n) is 13.2. The van der Waals surface area contributed by atoms with Crippen LogP contribution in [-0.2, 0) is 17.9 Å². The first kappa shape index (κ1) is 15.1. The van der Waals surface area contributed by atoms with Crippen molar-refractivity contribution < 1.29 is 9.53 Å². The molecule has 0 unspecified atom stereocenters. The van der Waals surface area contributed by atoms with Crippen molar-refractivity contribution in [3.63, 3.8) is 0 Å². The molecule has 0 aliphatic heterocycles. The summed E-state index contributed by atoms with van der Waals surface area (Å²) in [6.45, 7) is 2.78. The summed E-state index contributed by atoms with van der Waals surface area (Å²) in [5.41, 5.74) is 3.09. The number of carbonyl (C=O) groups is 1. The SMILES string of the molecule is COc1ccc(CNC(=O)Cn2c(C)cc3ccccc32)cn1. The van der Waals surface area contributed by atoms with Crippen LogP contribution in [0.5, 0.6) is 5.88 Å². The number of aromatic nitrogens is 2. The molecule has 0 spiro atoms. The molecule has 2 aromatic heterocycles. The fraction of sp³-hybridized carbons (Fsp3) is 0.222. The van der Waals surface area contributed by atoms with Gasteiger partial charge >= 0.3 is 0 Å². The summed E-state index contributed by atoms with van der Waals surface area (Å²) >= 11 is 0. The molecule has 3 rings (SSSR count). The lowest BCUT2D eigenvalue weighted by Crippen LogP contribution is -2.27. The van der Waals surface area contributed by atoms with Crippen molar-refractivity contribution >= 4 is 16.8 Å². The van der Waals surface area contributed by atoms with E-state index >= 15 is 0 Å². The Bertz CT molecular complexity index is 822. The molecule has 118 valence electrons. The average Bonchev–Trinajstić information content (AvgIpc) is 2.89. The fourth-order valence-corrected chi connectivity index (χ4v) is 2.59. The minimum atomic E-state index is -0.0229. The van der Waals surface area contributed by atoms with Crippen LogP contribution in [0.4, 0.5) is 0 Å². The molecular weight excluding hydrogens is 290 g/mol. The molecule has 5 heteroatoms. The van der Waals surface area contributed by atoms with Gasteiger partial charge in [0.1, 0.15) is 6.54 Å². The standard InChI is InChI=1S/C18H19N3O2/c1-13-9-15-5-3-4-6-16(15)21(13)12-17(22)19-10-14-7-8-18(23-2)20-11-14/h3-9,11H,10,12H2,1-2H3,(H,19,22). The predicted octanol–water partition coefficient (Wildman–Crippen LogP) is 2.67. The van der Waals surface area contributed by atoms with E-state index in [1.165, 1.54) is 0 Å². The first-order chi connectivity index (χ1) is 11.2. The van der Waals surface area contributed by atoms with Gasteiger partial charge in [-0.25, -0.2) is 4.98 Å². The summed E-state index contributed by atoms with van der Waals surface area (Å²) in [5, 5.41) is 4.08. The Labute approximate surface area is 134 Å². The van der Waals surface area contributed by atoms with Gasteiger partial charge in [-0.3, -0.25) is 4.79 Å². The zero-order valence-corrected chi connectivity index (χ0v) is 13.2. The molecule has 1 N–H and O–H groups in total. The molecule has 0 saturated heterocycles. The van der Waals surface area contributed by atoms with E-state index < -0.39 is 0 Å². The monoisotopic (exact) mass is 309 g/mol.